The van der Waals surface area contributed by atoms with Crippen LogP contribution in [0.25, 0.3) is 0 Å². The highest BCUT2D eigenvalue weighted by atomic mass is 79.9. The van der Waals surface area contributed by atoms with Gasteiger partial charge in [-0.3, -0.25) is 0 Å². The monoisotopic (exact) mass is 299 g/mol. The molecule has 0 aliphatic rings. The minimum absolute atomic E-state index is 0.290. The van der Waals surface area contributed by atoms with Gasteiger partial charge in [0.1, 0.15) is 5.75 Å². The molecule has 0 radical (unpaired) electrons. The van der Waals surface area contributed by atoms with Crippen molar-refractivity contribution in [3.8, 4) is 5.75 Å². The van der Waals surface area contributed by atoms with Crippen LogP contribution in [-0.4, -0.2) is 20.7 Å². The van der Waals surface area contributed by atoms with Gasteiger partial charge in [-0.05, 0) is 55.6 Å². The Bertz CT molecular complexity index is 363. The van der Waals surface area contributed by atoms with Gasteiger partial charge in [0, 0.05) is 4.47 Å². The van der Waals surface area contributed by atoms with Crippen molar-refractivity contribution in [2.75, 3.05) is 20.7 Å². The van der Waals surface area contributed by atoms with E-state index >= 15 is 0 Å². The fourth-order valence-electron chi connectivity index (χ4n) is 1.88. The van der Waals surface area contributed by atoms with Crippen molar-refractivity contribution in [1.82, 2.24) is 5.32 Å². The molecule has 0 spiro atoms. The molecule has 0 aromatic heterocycles. The zero-order chi connectivity index (χ0) is 12.9. The first-order chi connectivity index (χ1) is 7.98. The average molecular weight is 300 g/mol. The van der Waals surface area contributed by atoms with Crippen LogP contribution in [0.1, 0.15) is 25.8 Å². The Morgan fingerprint density at radius 3 is 2.65 bits per heavy atom. The highest BCUT2D eigenvalue weighted by Crippen LogP contribution is 2.31. The Morgan fingerprint density at radius 2 is 2.06 bits per heavy atom. The third kappa shape index (κ3) is 4.68. The van der Waals surface area contributed by atoms with Crippen LogP contribution in [0.2, 0.25) is 0 Å². The maximum absolute atomic E-state index is 5.27. The maximum Gasteiger partial charge on any atom is 0.119 e. The van der Waals surface area contributed by atoms with E-state index in [1.165, 1.54) is 5.56 Å². The number of methoxy groups -OCH3 is 1. The topological polar surface area (TPSA) is 21.3 Å². The van der Waals surface area contributed by atoms with Gasteiger partial charge < -0.3 is 10.1 Å². The molecule has 0 amide bonds. The molecule has 0 saturated carbocycles. The van der Waals surface area contributed by atoms with Gasteiger partial charge in [-0.25, -0.2) is 0 Å². The summed E-state index contributed by atoms with van der Waals surface area (Å²) in [6.45, 7) is 5.65. The third-order valence-corrected chi connectivity index (χ3v) is 3.75. The predicted molar refractivity (Wildman–Crippen MR) is 76.7 cm³/mol. The lowest BCUT2D eigenvalue weighted by molar-refractivity contribution is 0.328. The van der Waals surface area contributed by atoms with Gasteiger partial charge in [0.2, 0.25) is 0 Å². The number of hydrogen-bond acceptors (Lipinski definition) is 2. The van der Waals surface area contributed by atoms with Gasteiger partial charge in [0.15, 0.2) is 0 Å². The van der Waals surface area contributed by atoms with Gasteiger partial charge in [0.05, 0.1) is 7.11 Å². The Hall–Kier alpha value is -0.540. The second-order valence-corrected chi connectivity index (χ2v) is 6.01. The third-order valence-electron chi connectivity index (χ3n) is 2.97. The second kappa shape index (κ2) is 6.41. The zero-order valence-electron chi connectivity index (χ0n) is 11.1. The SMILES string of the molecule is CNCCC(C)(C)Cc1cc(OC)ccc1Br. The summed E-state index contributed by atoms with van der Waals surface area (Å²) in [7, 11) is 3.71. The molecule has 0 unspecified atom stereocenters. The van der Waals surface area contributed by atoms with Gasteiger partial charge in [-0.1, -0.05) is 29.8 Å². The van der Waals surface area contributed by atoms with Gasteiger partial charge in [0.25, 0.3) is 0 Å². The average Bonchev–Trinajstić information content (AvgIpc) is 2.29. The lowest BCUT2D eigenvalue weighted by atomic mass is 9.82. The number of rotatable bonds is 6. The molecular weight excluding hydrogens is 278 g/mol. The Labute approximate surface area is 113 Å². The van der Waals surface area contributed by atoms with Gasteiger partial charge in [-0.15, -0.1) is 0 Å². The smallest absolute Gasteiger partial charge is 0.119 e. The zero-order valence-corrected chi connectivity index (χ0v) is 12.7. The molecule has 0 bridgehead atoms. The molecule has 1 N–H and O–H groups in total. The number of nitrogens with one attached hydrogen (secondary N) is 1. The summed E-state index contributed by atoms with van der Waals surface area (Å²) >= 11 is 3.61. The lowest BCUT2D eigenvalue weighted by Crippen LogP contribution is -2.22. The molecule has 3 heteroatoms. The summed E-state index contributed by atoms with van der Waals surface area (Å²) < 4.78 is 6.44. The molecule has 1 rings (SSSR count). The first-order valence-electron chi connectivity index (χ1n) is 5.95. The highest BCUT2D eigenvalue weighted by Gasteiger charge is 2.19. The molecule has 96 valence electrons. The van der Waals surface area contributed by atoms with E-state index in [0.717, 1.165) is 29.6 Å². The van der Waals surface area contributed by atoms with Crippen LogP contribution < -0.4 is 10.1 Å². The van der Waals surface area contributed by atoms with Crippen LogP contribution in [0.3, 0.4) is 0 Å². The van der Waals surface area contributed by atoms with Crippen LogP contribution in [-0.2, 0) is 6.42 Å². The number of ether oxygens (including phenoxy) is 1. The van der Waals surface area contributed by atoms with E-state index in [9.17, 15) is 0 Å². The lowest BCUT2D eigenvalue weighted by Gasteiger charge is -2.25. The molecule has 0 saturated heterocycles. The fraction of sp³-hybridized carbons (Fsp3) is 0.571. The van der Waals surface area contributed by atoms with E-state index in [1.54, 1.807) is 7.11 Å². The Morgan fingerprint density at radius 1 is 1.35 bits per heavy atom. The molecule has 1 aromatic rings. The maximum atomic E-state index is 5.27. The minimum Gasteiger partial charge on any atom is -0.497 e. The van der Waals surface area contributed by atoms with Crippen molar-refractivity contribution >= 4 is 15.9 Å². The Balaban J connectivity index is 2.78. The minimum atomic E-state index is 0.290. The largest absolute Gasteiger partial charge is 0.497 e. The van der Waals surface area contributed by atoms with E-state index in [0.29, 0.717) is 0 Å². The summed E-state index contributed by atoms with van der Waals surface area (Å²) in [6, 6.07) is 6.15. The number of benzene rings is 1. The van der Waals surface area contributed by atoms with E-state index in [-0.39, 0.29) is 5.41 Å². The van der Waals surface area contributed by atoms with Crippen LogP contribution in [0, 0.1) is 5.41 Å². The van der Waals surface area contributed by atoms with Crippen LogP contribution in [0.5, 0.6) is 5.75 Å². The number of halogens is 1. The number of hydrogen-bond donors (Lipinski definition) is 1. The summed E-state index contributed by atoms with van der Waals surface area (Å²) in [4.78, 5) is 0. The molecule has 0 atom stereocenters. The molecule has 1 aromatic carbocycles. The first kappa shape index (κ1) is 14.5. The highest BCUT2D eigenvalue weighted by molar-refractivity contribution is 9.10. The van der Waals surface area contributed by atoms with E-state index in [2.05, 4.69) is 47.2 Å². The predicted octanol–water partition coefficient (Wildman–Crippen LogP) is 3.64. The quantitative estimate of drug-likeness (QED) is 0.866. The van der Waals surface area contributed by atoms with Crippen molar-refractivity contribution < 1.29 is 4.74 Å². The van der Waals surface area contributed by atoms with Crippen LogP contribution in [0.4, 0.5) is 0 Å². The summed E-state index contributed by atoms with van der Waals surface area (Å²) in [5, 5.41) is 3.21. The standard InChI is InChI=1S/C14H22BrNO/c1-14(2,7-8-16-3)10-11-9-12(17-4)5-6-13(11)15/h5-6,9,16H,7-8,10H2,1-4H3. The fourth-order valence-corrected chi connectivity index (χ4v) is 2.27. The summed E-state index contributed by atoms with van der Waals surface area (Å²) in [5.74, 6) is 0.924. The van der Waals surface area contributed by atoms with Crippen molar-refractivity contribution in [3.05, 3.63) is 28.2 Å². The molecular formula is C14H22BrNO. The second-order valence-electron chi connectivity index (χ2n) is 5.15. The molecule has 0 aliphatic carbocycles. The van der Waals surface area contributed by atoms with Crippen molar-refractivity contribution in [2.45, 2.75) is 26.7 Å². The van der Waals surface area contributed by atoms with Crippen molar-refractivity contribution in [2.24, 2.45) is 5.41 Å². The molecule has 0 heterocycles. The molecule has 0 fully saturated rings. The normalized spacial score (nSPS) is 11.6. The van der Waals surface area contributed by atoms with Crippen molar-refractivity contribution in [3.63, 3.8) is 0 Å². The Kier molecular flexibility index (Phi) is 5.47. The van der Waals surface area contributed by atoms with Crippen LogP contribution >= 0.6 is 15.9 Å². The van der Waals surface area contributed by atoms with E-state index in [1.807, 2.05) is 13.1 Å². The van der Waals surface area contributed by atoms with E-state index < -0.39 is 0 Å². The summed E-state index contributed by atoms with van der Waals surface area (Å²) in [5.41, 5.74) is 1.60. The van der Waals surface area contributed by atoms with Gasteiger partial charge in [-0.2, -0.15) is 0 Å². The van der Waals surface area contributed by atoms with Crippen LogP contribution in [0.15, 0.2) is 22.7 Å². The molecule has 0 aliphatic heterocycles. The first-order valence-corrected chi connectivity index (χ1v) is 6.75. The molecule has 2 nitrogen and oxygen atoms in total. The van der Waals surface area contributed by atoms with Crippen molar-refractivity contribution in [1.29, 1.82) is 0 Å². The van der Waals surface area contributed by atoms with Gasteiger partial charge >= 0.3 is 0 Å². The summed E-state index contributed by atoms with van der Waals surface area (Å²) in [6.07, 6.45) is 2.21. The van der Waals surface area contributed by atoms with E-state index in [4.69, 9.17) is 4.74 Å². The molecule has 17 heavy (non-hydrogen) atoms.